The third kappa shape index (κ3) is 5.18. The Kier molecular flexibility index (Phi) is 4.52. The van der Waals surface area contributed by atoms with Crippen LogP contribution in [0.3, 0.4) is 0 Å². The zero-order chi connectivity index (χ0) is 13.1. The SMILES string of the molecule is C/C(=C\c1ccc(Br)cc1)C(=O)NC(C)(C)C. The van der Waals surface area contributed by atoms with Gasteiger partial charge in [-0.05, 0) is 51.5 Å². The highest BCUT2D eigenvalue weighted by atomic mass is 79.9. The lowest BCUT2D eigenvalue weighted by atomic mass is 10.1. The maximum atomic E-state index is 11.8. The van der Waals surface area contributed by atoms with Crippen LogP contribution in [0.1, 0.15) is 33.3 Å². The fourth-order valence-electron chi connectivity index (χ4n) is 1.31. The number of nitrogens with one attached hydrogen (secondary N) is 1. The zero-order valence-electron chi connectivity index (χ0n) is 10.7. The van der Waals surface area contributed by atoms with Crippen LogP contribution in [-0.4, -0.2) is 11.4 Å². The summed E-state index contributed by atoms with van der Waals surface area (Å²) >= 11 is 3.38. The summed E-state index contributed by atoms with van der Waals surface area (Å²) in [6.45, 7) is 7.73. The Balaban J connectivity index is 2.79. The summed E-state index contributed by atoms with van der Waals surface area (Å²) in [6, 6.07) is 7.86. The summed E-state index contributed by atoms with van der Waals surface area (Å²) in [6.07, 6.45) is 1.88. The van der Waals surface area contributed by atoms with Gasteiger partial charge in [-0.2, -0.15) is 0 Å². The molecule has 0 aliphatic rings. The molecule has 0 heterocycles. The van der Waals surface area contributed by atoms with Gasteiger partial charge in [0.15, 0.2) is 0 Å². The second kappa shape index (κ2) is 5.50. The average Bonchev–Trinajstić information content (AvgIpc) is 2.19. The van der Waals surface area contributed by atoms with Gasteiger partial charge in [0.1, 0.15) is 0 Å². The Labute approximate surface area is 111 Å². The molecule has 92 valence electrons. The van der Waals surface area contributed by atoms with Gasteiger partial charge in [0.05, 0.1) is 0 Å². The molecular formula is C14H18BrNO. The first kappa shape index (κ1) is 14.0. The van der Waals surface area contributed by atoms with Crippen molar-refractivity contribution in [3.05, 3.63) is 39.9 Å². The van der Waals surface area contributed by atoms with Crippen LogP contribution < -0.4 is 5.32 Å². The molecule has 0 spiro atoms. The maximum absolute atomic E-state index is 11.8. The molecular weight excluding hydrogens is 278 g/mol. The number of amides is 1. The second-order valence-corrected chi connectivity index (χ2v) is 6.00. The Bertz CT molecular complexity index is 427. The predicted molar refractivity (Wildman–Crippen MR) is 75.7 cm³/mol. The number of carbonyl (C=O) groups excluding carboxylic acids is 1. The molecule has 0 fully saturated rings. The van der Waals surface area contributed by atoms with E-state index in [4.69, 9.17) is 0 Å². The van der Waals surface area contributed by atoms with Crippen LogP contribution >= 0.6 is 15.9 Å². The quantitative estimate of drug-likeness (QED) is 0.827. The first-order valence-electron chi connectivity index (χ1n) is 5.54. The van der Waals surface area contributed by atoms with Gasteiger partial charge in [0, 0.05) is 15.6 Å². The van der Waals surface area contributed by atoms with Gasteiger partial charge in [-0.1, -0.05) is 28.1 Å². The molecule has 0 bridgehead atoms. The van der Waals surface area contributed by atoms with Crippen molar-refractivity contribution in [3.63, 3.8) is 0 Å². The molecule has 0 aliphatic heterocycles. The molecule has 2 nitrogen and oxygen atoms in total. The number of benzene rings is 1. The molecule has 1 aromatic carbocycles. The molecule has 1 aromatic rings. The van der Waals surface area contributed by atoms with Gasteiger partial charge in [-0.3, -0.25) is 4.79 Å². The highest BCUT2D eigenvalue weighted by molar-refractivity contribution is 9.10. The van der Waals surface area contributed by atoms with Crippen LogP contribution in [0.15, 0.2) is 34.3 Å². The summed E-state index contributed by atoms with van der Waals surface area (Å²) in [4.78, 5) is 11.8. The molecule has 1 rings (SSSR count). The van der Waals surface area contributed by atoms with E-state index in [9.17, 15) is 4.79 Å². The number of hydrogen-bond acceptors (Lipinski definition) is 1. The Hall–Kier alpha value is -1.09. The van der Waals surface area contributed by atoms with E-state index in [1.807, 2.05) is 58.0 Å². The van der Waals surface area contributed by atoms with Crippen molar-refractivity contribution in [2.45, 2.75) is 33.2 Å². The van der Waals surface area contributed by atoms with Crippen molar-refractivity contribution >= 4 is 27.9 Å². The van der Waals surface area contributed by atoms with Crippen molar-refractivity contribution in [3.8, 4) is 0 Å². The minimum absolute atomic E-state index is 0.0274. The predicted octanol–water partition coefficient (Wildman–Crippen LogP) is 3.77. The summed E-state index contributed by atoms with van der Waals surface area (Å²) in [5.41, 5.74) is 1.53. The summed E-state index contributed by atoms with van der Waals surface area (Å²) in [7, 11) is 0. The van der Waals surface area contributed by atoms with Crippen LogP contribution in [0.2, 0.25) is 0 Å². The first-order chi connectivity index (χ1) is 7.78. The van der Waals surface area contributed by atoms with Crippen molar-refractivity contribution < 1.29 is 4.79 Å². The molecule has 0 aromatic heterocycles. The highest BCUT2D eigenvalue weighted by Gasteiger charge is 2.14. The van der Waals surface area contributed by atoms with Gasteiger partial charge in [0.2, 0.25) is 5.91 Å². The molecule has 3 heteroatoms. The highest BCUT2D eigenvalue weighted by Crippen LogP contribution is 2.13. The Morgan fingerprint density at radius 3 is 2.24 bits per heavy atom. The summed E-state index contributed by atoms with van der Waals surface area (Å²) in [5, 5.41) is 2.93. The van der Waals surface area contributed by atoms with Gasteiger partial charge >= 0.3 is 0 Å². The lowest BCUT2D eigenvalue weighted by molar-refractivity contribution is -0.118. The van der Waals surface area contributed by atoms with E-state index in [1.54, 1.807) is 0 Å². The minimum atomic E-state index is -0.202. The molecule has 0 saturated carbocycles. The van der Waals surface area contributed by atoms with E-state index in [0.717, 1.165) is 10.0 Å². The zero-order valence-corrected chi connectivity index (χ0v) is 12.3. The topological polar surface area (TPSA) is 29.1 Å². The standard InChI is InChI=1S/C14H18BrNO/c1-10(13(17)16-14(2,3)4)9-11-5-7-12(15)8-6-11/h5-9H,1-4H3,(H,16,17)/b10-9+. The number of rotatable bonds is 2. The molecule has 1 amide bonds. The fourth-order valence-corrected chi connectivity index (χ4v) is 1.58. The van der Waals surface area contributed by atoms with Gasteiger partial charge in [0.25, 0.3) is 0 Å². The average molecular weight is 296 g/mol. The van der Waals surface area contributed by atoms with Gasteiger partial charge < -0.3 is 5.32 Å². The Morgan fingerprint density at radius 1 is 1.24 bits per heavy atom. The fraction of sp³-hybridized carbons (Fsp3) is 0.357. The van der Waals surface area contributed by atoms with Gasteiger partial charge in [-0.15, -0.1) is 0 Å². The summed E-state index contributed by atoms with van der Waals surface area (Å²) in [5.74, 6) is -0.0274. The van der Waals surface area contributed by atoms with E-state index >= 15 is 0 Å². The normalized spacial score (nSPS) is 12.4. The van der Waals surface area contributed by atoms with Crippen molar-refractivity contribution in [1.82, 2.24) is 5.32 Å². The van der Waals surface area contributed by atoms with Gasteiger partial charge in [-0.25, -0.2) is 0 Å². The summed E-state index contributed by atoms with van der Waals surface area (Å²) < 4.78 is 1.03. The molecule has 0 atom stereocenters. The van der Waals surface area contributed by atoms with Crippen LogP contribution in [0.25, 0.3) is 6.08 Å². The third-order valence-electron chi connectivity index (χ3n) is 2.10. The number of hydrogen-bond donors (Lipinski definition) is 1. The lowest BCUT2D eigenvalue weighted by Gasteiger charge is -2.20. The minimum Gasteiger partial charge on any atom is -0.348 e. The molecule has 1 N–H and O–H groups in total. The van der Waals surface area contributed by atoms with Crippen molar-refractivity contribution in [2.75, 3.05) is 0 Å². The Morgan fingerprint density at radius 2 is 1.76 bits per heavy atom. The van der Waals surface area contributed by atoms with Crippen molar-refractivity contribution in [2.24, 2.45) is 0 Å². The molecule has 0 unspecified atom stereocenters. The lowest BCUT2D eigenvalue weighted by Crippen LogP contribution is -2.40. The van der Waals surface area contributed by atoms with Crippen LogP contribution in [0.5, 0.6) is 0 Å². The van der Waals surface area contributed by atoms with E-state index in [-0.39, 0.29) is 11.4 Å². The monoisotopic (exact) mass is 295 g/mol. The first-order valence-corrected chi connectivity index (χ1v) is 6.33. The van der Waals surface area contributed by atoms with Crippen LogP contribution in [0.4, 0.5) is 0 Å². The smallest absolute Gasteiger partial charge is 0.247 e. The van der Waals surface area contributed by atoms with Crippen LogP contribution in [0, 0.1) is 0 Å². The largest absolute Gasteiger partial charge is 0.348 e. The number of halogens is 1. The third-order valence-corrected chi connectivity index (χ3v) is 2.63. The molecule has 0 aliphatic carbocycles. The van der Waals surface area contributed by atoms with E-state index in [2.05, 4.69) is 21.2 Å². The van der Waals surface area contributed by atoms with Crippen LogP contribution in [-0.2, 0) is 4.79 Å². The molecule has 0 saturated heterocycles. The van der Waals surface area contributed by atoms with E-state index in [0.29, 0.717) is 5.57 Å². The number of carbonyl (C=O) groups is 1. The molecule has 0 radical (unpaired) electrons. The van der Waals surface area contributed by atoms with Crippen molar-refractivity contribution in [1.29, 1.82) is 0 Å². The maximum Gasteiger partial charge on any atom is 0.247 e. The second-order valence-electron chi connectivity index (χ2n) is 5.08. The molecule has 17 heavy (non-hydrogen) atoms. The van der Waals surface area contributed by atoms with E-state index in [1.165, 1.54) is 0 Å². The van der Waals surface area contributed by atoms with E-state index < -0.39 is 0 Å².